The Hall–Kier alpha value is -2.26. The van der Waals surface area contributed by atoms with Gasteiger partial charge < -0.3 is 9.64 Å². The quantitative estimate of drug-likeness (QED) is 0.703. The molecule has 0 unspecified atom stereocenters. The molecule has 7 nitrogen and oxygen atoms in total. The minimum absolute atomic E-state index is 0.0531. The Morgan fingerprint density at radius 3 is 2.63 bits per heavy atom. The minimum Gasteiger partial charge on any atom is -0.448 e. The van der Waals surface area contributed by atoms with Crippen LogP contribution in [0.4, 0.5) is 0 Å². The Bertz CT molecular complexity index is 940. The van der Waals surface area contributed by atoms with Gasteiger partial charge in [0.2, 0.25) is 0 Å². The summed E-state index contributed by atoms with van der Waals surface area (Å²) in [5.41, 5.74) is 1.04. The number of amides is 1. The third-order valence-electron chi connectivity index (χ3n) is 4.47. The van der Waals surface area contributed by atoms with Crippen molar-refractivity contribution in [2.45, 2.75) is 25.5 Å². The van der Waals surface area contributed by atoms with Gasteiger partial charge in [0, 0.05) is 24.0 Å². The fourth-order valence-electron chi connectivity index (χ4n) is 2.90. The van der Waals surface area contributed by atoms with Crippen LogP contribution >= 0.6 is 11.3 Å². The number of likely N-dealkylation sites (N-methyl/N-ethyl adjacent to an activating group) is 1. The van der Waals surface area contributed by atoms with Gasteiger partial charge in [-0.15, -0.1) is 11.3 Å². The SMILES string of the molecule is C[C@@H](OC(=O)c1csc(-c2ccccc2)n1)C(=O)N(C)[C@@H]1CCS(=O)(=O)C1. The summed E-state index contributed by atoms with van der Waals surface area (Å²) in [4.78, 5) is 30.4. The van der Waals surface area contributed by atoms with Crippen molar-refractivity contribution >= 4 is 33.1 Å². The molecule has 2 heterocycles. The van der Waals surface area contributed by atoms with Gasteiger partial charge in [-0.25, -0.2) is 18.2 Å². The van der Waals surface area contributed by atoms with Crippen LogP contribution in [0.15, 0.2) is 35.7 Å². The van der Waals surface area contributed by atoms with Crippen molar-refractivity contribution in [3.8, 4) is 10.6 Å². The highest BCUT2D eigenvalue weighted by molar-refractivity contribution is 7.91. The van der Waals surface area contributed by atoms with Crippen molar-refractivity contribution in [2.75, 3.05) is 18.6 Å². The van der Waals surface area contributed by atoms with Gasteiger partial charge in [-0.1, -0.05) is 30.3 Å². The number of aromatic nitrogens is 1. The summed E-state index contributed by atoms with van der Waals surface area (Å²) in [6.07, 6.45) is -0.620. The van der Waals surface area contributed by atoms with Crippen molar-refractivity contribution in [1.29, 1.82) is 0 Å². The van der Waals surface area contributed by atoms with Gasteiger partial charge in [0.25, 0.3) is 5.91 Å². The van der Waals surface area contributed by atoms with Crippen molar-refractivity contribution in [1.82, 2.24) is 9.88 Å². The Kier molecular flexibility index (Phi) is 5.61. The topological polar surface area (TPSA) is 93.6 Å². The molecule has 0 spiro atoms. The standard InChI is InChI=1S/C18H20N2O5S2/c1-12(17(21)20(2)14-8-9-27(23,24)11-14)25-18(22)15-10-26-16(19-15)13-6-4-3-5-7-13/h3-7,10,12,14H,8-9,11H2,1-2H3/t12-,14-/m1/s1. The summed E-state index contributed by atoms with van der Waals surface area (Å²) in [7, 11) is -1.56. The number of ether oxygens (including phenoxy) is 1. The molecule has 27 heavy (non-hydrogen) atoms. The van der Waals surface area contributed by atoms with Gasteiger partial charge in [0.05, 0.1) is 11.5 Å². The summed E-state index contributed by atoms with van der Waals surface area (Å²) in [5.74, 6) is -1.09. The summed E-state index contributed by atoms with van der Waals surface area (Å²) in [5, 5.41) is 2.28. The maximum atomic E-state index is 12.5. The van der Waals surface area contributed by atoms with E-state index in [2.05, 4.69) is 4.98 Å². The molecule has 2 aromatic rings. The fourth-order valence-corrected chi connectivity index (χ4v) is 5.47. The van der Waals surface area contributed by atoms with Crippen molar-refractivity contribution in [3.63, 3.8) is 0 Å². The number of rotatable bonds is 5. The number of carbonyl (C=O) groups is 2. The molecule has 1 amide bonds. The smallest absolute Gasteiger partial charge is 0.358 e. The number of thiazole rings is 1. The average Bonchev–Trinajstić information content (AvgIpc) is 3.28. The van der Waals surface area contributed by atoms with Crippen LogP contribution in [0.25, 0.3) is 10.6 Å². The maximum Gasteiger partial charge on any atom is 0.358 e. The highest BCUT2D eigenvalue weighted by atomic mass is 32.2. The number of hydrogen-bond donors (Lipinski definition) is 0. The van der Waals surface area contributed by atoms with E-state index < -0.39 is 27.8 Å². The molecule has 1 aliphatic rings. The van der Waals surface area contributed by atoms with E-state index in [0.29, 0.717) is 11.4 Å². The van der Waals surface area contributed by atoms with Crippen LogP contribution < -0.4 is 0 Å². The van der Waals surface area contributed by atoms with E-state index in [1.165, 1.54) is 30.2 Å². The molecule has 1 saturated heterocycles. The van der Waals surface area contributed by atoms with Crippen LogP contribution in [0.3, 0.4) is 0 Å². The third-order valence-corrected chi connectivity index (χ3v) is 7.11. The molecule has 0 radical (unpaired) electrons. The second-order valence-corrected chi connectivity index (χ2v) is 9.54. The van der Waals surface area contributed by atoms with Gasteiger partial charge in [0.15, 0.2) is 21.6 Å². The van der Waals surface area contributed by atoms with E-state index in [1.54, 1.807) is 5.38 Å². The fraction of sp³-hybridized carbons (Fsp3) is 0.389. The molecule has 1 fully saturated rings. The van der Waals surface area contributed by atoms with Crippen molar-refractivity contribution < 1.29 is 22.7 Å². The Morgan fingerprint density at radius 1 is 1.30 bits per heavy atom. The van der Waals surface area contributed by atoms with Crippen LogP contribution in [0, 0.1) is 0 Å². The largest absolute Gasteiger partial charge is 0.448 e. The van der Waals surface area contributed by atoms with E-state index in [4.69, 9.17) is 4.74 Å². The summed E-state index contributed by atoms with van der Waals surface area (Å²) in [6.45, 7) is 1.48. The van der Waals surface area contributed by atoms with Crippen LogP contribution in [0.5, 0.6) is 0 Å². The molecule has 0 saturated carbocycles. The highest BCUT2D eigenvalue weighted by Crippen LogP contribution is 2.24. The second kappa shape index (κ2) is 7.77. The highest BCUT2D eigenvalue weighted by Gasteiger charge is 2.35. The van der Waals surface area contributed by atoms with Crippen LogP contribution in [-0.2, 0) is 19.4 Å². The number of benzene rings is 1. The predicted molar refractivity (Wildman–Crippen MR) is 102 cm³/mol. The first-order valence-electron chi connectivity index (χ1n) is 8.46. The number of carbonyl (C=O) groups excluding carboxylic acids is 2. The molecular weight excluding hydrogens is 388 g/mol. The lowest BCUT2D eigenvalue weighted by Gasteiger charge is -2.26. The van der Waals surface area contributed by atoms with E-state index in [0.717, 1.165) is 5.56 Å². The third kappa shape index (κ3) is 4.54. The maximum absolute atomic E-state index is 12.5. The molecule has 0 N–H and O–H groups in total. The van der Waals surface area contributed by atoms with E-state index in [-0.39, 0.29) is 23.2 Å². The molecule has 0 bridgehead atoms. The summed E-state index contributed by atoms with van der Waals surface area (Å²) < 4.78 is 28.4. The number of hydrogen-bond acceptors (Lipinski definition) is 7. The Balaban J connectivity index is 1.62. The molecule has 1 aromatic heterocycles. The lowest BCUT2D eigenvalue weighted by molar-refractivity contribution is -0.140. The molecule has 2 atom stereocenters. The van der Waals surface area contributed by atoms with Gasteiger partial charge in [-0.05, 0) is 13.3 Å². The first-order valence-corrected chi connectivity index (χ1v) is 11.2. The summed E-state index contributed by atoms with van der Waals surface area (Å²) >= 11 is 1.32. The van der Waals surface area contributed by atoms with Gasteiger partial charge in [-0.3, -0.25) is 4.79 Å². The zero-order valence-corrected chi connectivity index (χ0v) is 16.6. The van der Waals surface area contributed by atoms with E-state index in [1.807, 2.05) is 30.3 Å². The Labute approximate surface area is 161 Å². The molecule has 1 aromatic carbocycles. The van der Waals surface area contributed by atoms with Crippen LogP contribution in [-0.4, -0.2) is 60.9 Å². The Morgan fingerprint density at radius 2 is 2.00 bits per heavy atom. The molecule has 144 valence electrons. The zero-order valence-electron chi connectivity index (χ0n) is 15.0. The normalized spacial score (nSPS) is 19.4. The van der Waals surface area contributed by atoms with Crippen molar-refractivity contribution in [2.24, 2.45) is 0 Å². The van der Waals surface area contributed by atoms with Gasteiger partial charge in [0.1, 0.15) is 5.01 Å². The van der Waals surface area contributed by atoms with Crippen molar-refractivity contribution in [3.05, 3.63) is 41.4 Å². The lowest BCUT2D eigenvalue weighted by atomic mass is 10.2. The molecular formula is C18H20N2O5S2. The average molecular weight is 409 g/mol. The molecule has 9 heteroatoms. The molecule has 3 rings (SSSR count). The monoisotopic (exact) mass is 408 g/mol. The zero-order chi connectivity index (χ0) is 19.6. The summed E-state index contributed by atoms with van der Waals surface area (Å²) in [6, 6.07) is 9.07. The first-order chi connectivity index (χ1) is 12.8. The second-order valence-electron chi connectivity index (χ2n) is 6.46. The number of esters is 1. The number of nitrogens with zero attached hydrogens (tertiary/aromatic N) is 2. The van der Waals surface area contributed by atoms with Crippen LogP contribution in [0.1, 0.15) is 23.8 Å². The lowest BCUT2D eigenvalue weighted by Crippen LogP contribution is -2.44. The van der Waals surface area contributed by atoms with Crippen LogP contribution in [0.2, 0.25) is 0 Å². The van der Waals surface area contributed by atoms with Gasteiger partial charge in [-0.2, -0.15) is 0 Å². The molecule has 0 aliphatic carbocycles. The van der Waals surface area contributed by atoms with Gasteiger partial charge >= 0.3 is 5.97 Å². The van der Waals surface area contributed by atoms with E-state index >= 15 is 0 Å². The first kappa shape index (κ1) is 19.5. The predicted octanol–water partition coefficient (Wildman–Crippen LogP) is 2.00. The molecule has 1 aliphatic heterocycles. The number of sulfone groups is 1. The minimum atomic E-state index is -3.10. The van der Waals surface area contributed by atoms with E-state index in [9.17, 15) is 18.0 Å².